The third-order valence-corrected chi connectivity index (χ3v) is 7.11. The van der Waals surface area contributed by atoms with E-state index in [0.717, 1.165) is 69.8 Å². The van der Waals surface area contributed by atoms with E-state index in [1.54, 1.807) is 0 Å². The minimum absolute atomic E-state index is 0.0716. The highest BCUT2D eigenvalue weighted by atomic mass is 16.3. The van der Waals surface area contributed by atoms with Gasteiger partial charge in [-0.1, -0.05) is 36.8 Å². The predicted molar refractivity (Wildman–Crippen MR) is 103 cm³/mol. The Morgan fingerprint density at radius 3 is 2.38 bits per heavy atom. The van der Waals surface area contributed by atoms with Crippen LogP contribution in [-0.4, -0.2) is 48.8 Å². The van der Waals surface area contributed by atoms with E-state index in [-0.39, 0.29) is 12.0 Å². The summed E-state index contributed by atoms with van der Waals surface area (Å²) in [7, 11) is 0. The number of aliphatic hydroxyl groups excluding tert-OH is 1. The molecule has 0 radical (unpaired) electrons. The van der Waals surface area contributed by atoms with Gasteiger partial charge in [0, 0.05) is 25.6 Å². The fourth-order valence-electron chi connectivity index (χ4n) is 5.59. The summed E-state index contributed by atoms with van der Waals surface area (Å²) in [5.74, 6) is 1.21. The molecule has 3 fully saturated rings. The highest BCUT2D eigenvalue weighted by Crippen LogP contribution is 2.50. The first-order valence-corrected chi connectivity index (χ1v) is 10.3. The Morgan fingerprint density at radius 1 is 1.12 bits per heavy atom. The van der Waals surface area contributed by atoms with Crippen LogP contribution in [0, 0.1) is 29.1 Å². The number of benzene rings is 1. The zero-order valence-corrected chi connectivity index (χ0v) is 15.6. The second kappa shape index (κ2) is 7.68. The van der Waals surface area contributed by atoms with Crippen molar-refractivity contribution in [2.24, 2.45) is 17.8 Å². The molecule has 4 nitrogen and oxygen atoms in total. The van der Waals surface area contributed by atoms with Crippen LogP contribution in [0.2, 0.25) is 0 Å². The highest BCUT2D eigenvalue weighted by molar-refractivity contribution is 5.36. The van der Waals surface area contributed by atoms with Crippen molar-refractivity contribution in [1.29, 1.82) is 5.26 Å². The van der Waals surface area contributed by atoms with Gasteiger partial charge in [0.25, 0.3) is 0 Å². The summed E-state index contributed by atoms with van der Waals surface area (Å²) in [6.07, 6.45) is 4.63. The lowest BCUT2D eigenvalue weighted by atomic mass is 9.59. The van der Waals surface area contributed by atoms with Crippen LogP contribution in [0.1, 0.15) is 37.7 Å². The lowest BCUT2D eigenvalue weighted by Crippen LogP contribution is -2.52. The molecular weight excluding hydrogens is 322 g/mol. The summed E-state index contributed by atoms with van der Waals surface area (Å²) >= 11 is 0. The van der Waals surface area contributed by atoms with E-state index in [4.69, 9.17) is 0 Å². The predicted octanol–water partition coefficient (Wildman–Crippen LogP) is 2.54. The molecule has 140 valence electrons. The van der Waals surface area contributed by atoms with Gasteiger partial charge >= 0.3 is 0 Å². The van der Waals surface area contributed by atoms with Gasteiger partial charge in [0.15, 0.2) is 0 Å². The summed E-state index contributed by atoms with van der Waals surface area (Å²) in [6, 6.07) is 13.1. The molecule has 1 aromatic carbocycles. The number of rotatable bonds is 5. The molecule has 1 aromatic rings. The molecule has 2 heterocycles. The van der Waals surface area contributed by atoms with Gasteiger partial charge in [-0.3, -0.25) is 0 Å². The Bertz CT molecular complexity index is 631. The quantitative estimate of drug-likeness (QED) is 0.854. The Balaban J connectivity index is 1.56. The van der Waals surface area contributed by atoms with E-state index in [9.17, 15) is 10.4 Å². The SMILES string of the molecule is N#CC(c1ccccc1)(C1CCN(CC2CNC2)CC1)[C@H]1CCC[C@@H]1O. The van der Waals surface area contributed by atoms with Crippen LogP contribution in [0.4, 0.5) is 0 Å². The van der Waals surface area contributed by atoms with Crippen molar-refractivity contribution in [2.75, 3.05) is 32.7 Å². The Hall–Kier alpha value is -1.41. The van der Waals surface area contributed by atoms with Crippen molar-refractivity contribution in [3.8, 4) is 6.07 Å². The standard InChI is InChI=1S/C22H31N3O/c23-16-22(18-5-2-1-3-6-18,20-7-4-8-21(20)26)19-9-11-25(12-10-19)15-17-13-24-14-17/h1-3,5-6,17,19-21,24,26H,4,7-15H2/t20-,21-,22?/m0/s1. The molecule has 2 aliphatic heterocycles. The molecule has 0 bridgehead atoms. The molecule has 1 unspecified atom stereocenters. The van der Waals surface area contributed by atoms with Gasteiger partial charge in [-0.05, 0) is 56.2 Å². The number of hydrogen-bond acceptors (Lipinski definition) is 4. The summed E-state index contributed by atoms with van der Waals surface area (Å²) in [4.78, 5) is 2.58. The summed E-state index contributed by atoms with van der Waals surface area (Å²) in [5.41, 5.74) is 0.580. The van der Waals surface area contributed by atoms with Crippen LogP contribution in [0.3, 0.4) is 0 Å². The van der Waals surface area contributed by atoms with Gasteiger partial charge in [0.1, 0.15) is 0 Å². The maximum Gasteiger partial charge on any atom is 0.0903 e. The number of aliphatic hydroxyl groups is 1. The Kier molecular flexibility index (Phi) is 5.31. The van der Waals surface area contributed by atoms with E-state index in [1.165, 1.54) is 6.54 Å². The van der Waals surface area contributed by atoms with E-state index in [2.05, 4.69) is 28.4 Å². The summed E-state index contributed by atoms with van der Waals surface area (Å²) < 4.78 is 0. The first-order chi connectivity index (χ1) is 12.7. The van der Waals surface area contributed by atoms with Gasteiger partial charge in [-0.15, -0.1) is 0 Å². The molecule has 26 heavy (non-hydrogen) atoms. The van der Waals surface area contributed by atoms with Crippen molar-refractivity contribution in [3.63, 3.8) is 0 Å². The highest BCUT2D eigenvalue weighted by Gasteiger charge is 2.51. The van der Waals surface area contributed by atoms with Crippen LogP contribution >= 0.6 is 0 Å². The van der Waals surface area contributed by atoms with Crippen molar-refractivity contribution in [1.82, 2.24) is 10.2 Å². The number of nitrogens with zero attached hydrogens (tertiary/aromatic N) is 2. The van der Waals surface area contributed by atoms with Crippen LogP contribution in [0.25, 0.3) is 0 Å². The van der Waals surface area contributed by atoms with Gasteiger partial charge in [0.05, 0.1) is 17.6 Å². The largest absolute Gasteiger partial charge is 0.393 e. The van der Waals surface area contributed by atoms with Gasteiger partial charge in [-0.25, -0.2) is 0 Å². The number of nitriles is 1. The van der Waals surface area contributed by atoms with Crippen LogP contribution in [0.5, 0.6) is 0 Å². The minimum atomic E-state index is -0.540. The smallest absolute Gasteiger partial charge is 0.0903 e. The third-order valence-electron chi connectivity index (χ3n) is 7.11. The maximum absolute atomic E-state index is 10.7. The van der Waals surface area contributed by atoms with Crippen LogP contribution in [-0.2, 0) is 5.41 Å². The van der Waals surface area contributed by atoms with E-state index in [1.807, 2.05) is 18.2 Å². The molecule has 4 heteroatoms. The minimum Gasteiger partial charge on any atom is -0.393 e. The second-order valence-electron chi connectivity index (χ2n) is 8.55. The number of hydrogen-bond donors (Lipinski definition) is 2. The Labute approximate surface area is 157 Å². The number of likely N-dealkylation sites (tertiary alicyclic amines) is 1. The van der Waals surface area contributed by atoms with E-state index in [0.29, 0.717) is 5.92 Å². The lowest BCUT2D eigenvalue weighted by molar-refractivity contribution is 0.0473. The van der Waals surface area contributed by atoms with Crippen molar-refractivity contribution >= 4 is 0 Å². The van der Waals surface area contributed by atoms with E-state index >= 15 is 0 Å². The molecule has 1 saturated carbocycles. The average molecular weight is 354 g/mol. The average Bonchev–Trinajstić information content (AvgIpc) is 3.08. The third kappa shape index (κ3) is 3.17. The monoisotopic (exact) mass is 353 g/mol. The first-order valence-electron chi connectivity index (χ1n) is 10.3. The van der Waals surface area contributed by atoms with Crippen molar-refractivity contribution in [3.05, 3.63) is 35.9 Å². The zero-order valence-electron chi connectivity index (χ0n) is 15.6. The van der Waals surface area contributed by atoms with Gasteiger partial charge < -0.3 is 15.3 Å². The summed E-state index contributed by atoms with van der Waals surface area (Å²) in [5, 5.41) is 24.5. The molecule has 3 atom stereocenters. The van der Waals surface area contributed by atoms with Crippen LogP contribution < -0.4 is 5.32 Å². The molecular formula is C22H31N3O. The zero-order chi connectivity index (χ0) is 18.0. The van der Waals surface area contributed by atoms with Crippen molar-refractivity contribution in [2.45, 2.75) is 43.6 Å². The maximum atomic E-state index is 10.7. The topological polar surface area (TPSA) is 59.3 Å². The number of piperidine rings is 1. The fourth-order valence-corrected chi connectivity index (χ4v) is 5.59. The second-order valence-corrected chi connectivity index (χ2v) is 8.55. The molecule has 2 saturated heterocycles. The van der Waals surface area contributed by atoms with Gasteiger partial charge in [-0.2, -0.15) is 5.26 Å². The first kappa shape index (κ1) is 18.0. The molecule has 1 aliphatic carbocycles. The molecule has 0 aromatic heterocycles. The fraction of sp³-hybridized carbons (Fsp3) is 0.682. The van der Waals surface area contributed by atoms with Crippen LogP contribution in [0.15, 0.2) is 30.3 Å². The van der Waals surface area contributed by atoms with Gasteiger partial charge in [0.2, 0.25) is 0 Å². The molecule has 3 aliphatic rings. The number of nitrogens with one attached hydrogen (secondary N) is 1. The Morgan fingerprint density at radius 2 is 1.85 bits per heavy atom. The normalized spacial score (nSPS) is 30.5. The molecule has 0 amide bonds. The molecule has 2 N–H and O–H groups in total. The summed E-state index contributed by atoms with van der Waals surface area (Å²) in [6.45, 7) is 5.66. The lowest BCUT2D eigenvalue weighted by Gasteiger charge is -2.46. The van der Waals surface area contributed by atoms with E-state index < -0.39 is 5.41 Å². The van der Waals surface area contributed by atoms with Crippen molar-refractivity contribution < 1.29 is 5.11 Å². The molecule has 4 rings (SSSR count). The molecule has 0 spiro atoms.